The van der Waals surface area contributed by atoms with Crippen molar-refractivity contribution in [1.29, 1.82) is 0 Å². The van der Waals surface area contributed by atoms with E-state index in [-0.39, 0.29) is 4.92 Å². The molecule has 0 spiro atoms. The molecule has 0 aromatic rings. The van der Waals surface area contributed by atoms with Crippen LogP contribution in [0.15, 0.2) is 23.3 Å². The Bertz CT molecular complexity index is 260. The molecule has 0 saturated heterocycles. The molecular formula is C8H10ClNO2. The second-order valence-corrected chi connectivity index (χ2v) is 3.29. The Kier molecular flexibility index (Phi) is 2.52. The molecule has 0 bridgehead atoms. The van der Waals surface area contributed by atoms with E-state index in [1.807, 2.05) is 0 Å². The number of nitro groups is 1. The predicted octanol–water partition coefficient (Wildman–Crippen LogP) is 2.49. The third-order valence-electron chi connectivity index (χ3n) is 2.13. The standard InChI is InChI=1S/C8H10ClNO2/c1-2-8(10(11)12)5-3-4-7(9)6-8/h3-4,6H,2,5H2,1H3. The van der Waals surface area contributed by atoms with Gasteiger partial charge in [0.25, 0.3) is 0 Å². The number of allylic oxidation sites excluding steroid dienone is 2. The number of nitrogens with zero attached hydrogens (tertiary/aromatic N) is 1. The molecule has 0 heterocycles. The summed E-state index contributed by atoms with van der Waals surface area (Å²) in [6.45, 7) is 1.79. The van der Waals surface area contributed by atoms with E-state index in [1.165, 1.54) is 6.08 Å². The summed E-state index contributed by atoms with van der Waals surface area (Å²) in [7, 11) is 0. The summed E-state index contributed by atoms with van der Waals surface area (Å²) in [5.74, 6) is 0. The van der Waals surface area contributed by atoms with E-state index in [4.69, 9.17) is 11.6 Å². The molecule has 0 aromatic heterocycles. The monoisotopic (exact) mass is 187 g/mol. The topological polar surface area (TPSA) is 43.1 Å². The van der Waals surface area contributed by atoms with E-state index in [2.05, 4.69) is 0 Å². The fourth-order valence-electron chi connectivity index (χ4n) is 1.24. The van der Waals surface area contributed by atoms with Gasteiger partial charge in [-0.1, -0.05) is 24.6 Å². The quantitative estimate of drug-likeness (QED) is 0.493. The van der Waals surface area contributed by atoms with E-state index in [9.17, 15) is 10.1 Å². The summed E-state index contributed by atoms with van der Waals surface area (Å²) in [5, 5.41) is 11.2. The average molecular weight is 188 g/mol. The smallest absolute Gasteiger partial charge is 0.245 e. The SMILES string of the molecule is CCC1([N+](=O)[O-])C=C(Cl)C=CC1. The van der Waals surface area contributed by atoms with Crippen molar-refractivity contribution in [3.8, 4) is 0 Å². The minimum Gasteiger partial charge on any atom is -0.264 e. The molecule has 1 rings (SSSR count). The molecule has 3 nitrogen and oxygen atoms in total. The highest BCUT2D eigenvalue weighted by molar-refractivity contribution is 6.31. The zero-order valence-corrected chi connectivity index (χ0v) is 7.54. The molecule has 1 unspecified atom stereocenters. The van der Waals surface area contributed by atoms with Crippen molar-refractivity contribution in [2.75, 3.05) is 0 Å². The molecule has 0 aliphatic heterocycles. The van der Waals surface area contributed by atoms with Gasteiger partial charge in [-0.2, -0.15) is 0 Å². The fraction of sp³-hybridized carbons (Fsp3) is 0.500. The van der Waals surface area contributed by atoms with Crippen LogP contribution in [0.25, 0.3) is 0 Å². The molecule has 1 aliphatic rings. The van der Waals surface area contributed by atoms with Gasteiger partial charge in [0, 0.05) is 28.9 Å². The van der Waals surface area contributed by atoms with Crippen LogP contribution in [0.4, 0.5) is 0 Å². The first-order chi connectivity index (χ1) is 5.60. The summed E-state index contributed by atoms with van der Waals surface area (Å²) >= 11 is 5.69. The number of rotatable bonds is 2. The first kappa shape index (κ1) is 9.26. The maximum atomic E-state index is 10.7. The lowest BCUT2D eigenvalue weighted by Crippen LogP contribution is -2.36. The molecule has 1 aliphatic carbocycles. The lowest BCUT2D eigenvalue weighted by molar-refractivity contribution is -0.555. The zero-order chi connectivity index (χ0) is 9.19. The minimum absolute atomic E-state index is 0.265. The summed E-state index contributed by atoms with van der Waals surface area (Å²) in [4.78, 5) is 10.5. The van der Waals surface area contributed by atoms with Gasteiger partial charge in [0.1, 0.15) is 0 Å². The Morgan fingerprint density at radius 3 is 2.83 bits per heavy atom. The van der Waals surface area contributed by atoms with Gasteiger partial charge in [0.2, 0.25) is 5.54 Å². The number of halogens is 1. The second-order valence-electron chi connectivity index (χ2n) is 2.85. The lowest BCUT2D eigenvalue weighted by Gasteiger charge is -2.21. The van der Waals surface area contributed by atoms with E-state index in [0.29, 0.717) is 17.9 Å². The highest BCUT2D eigenvalue weighted by Gasteiger charge is 2.38. The number of hydrogen-bond donors (Lipinski definition) is 0. The van der Waals surface area contributed by atoms with E-state index >= 15 is 0 Å². The van der Waals surface area contributed by atoms with Crippen molar-refractivity contribution in [2.24, 2.45) is 0 Å². The third kappa shape index (κ3) is 1.50. The van der Waals surface area contributed by atoms with Gasteiger partial charge >= 0.3 is 0 Å². The van der Waals surface area contributed by atoms with Gasteiger partial charge in [0.05, 0.1) is 0 Å². The summed E-state index contributed by atoms with van der Waals surface area (Å²) in [5.41, 5.74) is -0.966. The molecule has 66 valence electrons. The highest BCUT2D eigenvalue weighted by atomic mass is 35.5. The Morgan fingerprint density at radius 2 is 2.50 bits per heavy atom. The van der Waals surface area contributed by atoms with E-state index in [1.54, 1.807) is 19.1 Å². The van der Waals surface area contributed by atoms with Crippen LogP contribution >= 0.6 is 11.6 Å². The van der Waals surface area contributed by atoms with Crippen molar-refractivity contribution in [1.82, 2.24) is 0 Å². The predicted molar refractivity (Wildman–Crippen MR) is 47.7 cm³/mol. The van der Waals surface area contributed by atoms with Crippen LogP contribution in [-0.4, -0.2) is 10.5 Å². The summed E-state index contributed by atoms with van der Waals surface area (Å²) in [6, 6.07) is 0. The van der Waals surface area contributed by atoms with Crippen LogP contribution in [0.5, 0.6) is 0 Å². The fourth-order valence-corrected chi connectivity index (χ4v) is 1.53. The van der Waals surface area contributed by atoms with Crippen LogP contribution in [-0.2, 0) is 0 Å². The Morgan fingerprint density at radius 1 is 1.83 bits per heavy atom. The van der Waals surface area contributed by atoms with Crippen LogP contribution in [0.3, 0.4) is 0 Å². The van der Waals surface area contributed by atoms with Crippen molar-refractivity contribution >= 4 is 11.6 Å². The lowest BCUT2D eigenvalue weighted by atomic mass is 9.89. The van der Waals surface area contributed by atoms with Crippen LogP contribution in [0, 0.1) is 10.1 Å². The van der Waals surface area contributed by atoms with Crippen LogP contribution < -0.4 is 0 Å². The van der Waals surface area contributed by atoms with Crippen molar-refractivity contribution in [3.63, 3.8) is 0 Å². The second kappa shape index (κ2) is 3.27. The highest BCUT2D eigenvalue weighted by Crippen LogP contribution is 2.29. The largest absolute Gasteiger partial charge is 0.264 e. The average Bonchev–Trinajstić information content (AvgIpc) is 2.04. The van der Waals surface area contributed by atoms with Gasteiger partial charge in [-0.3, -0.25) is 10.1 Å². The van der Waals surface area contributed by atoms with Crippen LogP contribution in [0.1, 0.15) is 19.8 Å². The van der Waals surface area contributed by atoms with Crippen LogP contribution in [0.2, 0.25) is 0 Å². The van der Waals surface area contributed by atoms with Crippen molar-refractivity contribution in [2.45, 2.75) is 25.3 Å². The maximum Gasteiger partial charge on any atom is 0.245 e. The van der Waals surface area contributed by atoms with Crippen molar-refractivity contribution < 1.29 is 4.92 Å². The molecule has 12 heavy (non-hydrogen) atoms. The van der Waals surface area contributed by atoms with E-state index in [0.717, 1.165) is 0 Å². The Balaban J connectivity index is 2.97. The molecule has 0 aromatic carbocycles. The normalized spacial score (nSPS) is 28.3. The maximum absolute atomic E-state index is 10.7. The van der Waals surface area contributed by atoms with Crippen molar-refractivity contribution in [3.05, 3.63) is 33.4 Å². The molecule has 0 amide bonds. The summed E-state index contributed by atoms with van der Waals surface area (Å²) < 4.78 is 0. The molecule has 0 fully saturated rings. The van der Waals surface area contributed by atoms with Gasteiger partial charge in [-0.05, 0) is 6.08 Å². The minimum atomic E-state index is -0.966. The van der Waals surface area contributed by atoms with Gasteiger partial charge in [0.15, 0.2) is 0 Å². The van der Waals surface area contributed by atoms with E-state index < -0.39 is 5.54 Å². The van der Waals surface area contributed by atoms with Gasteiger partial charge in [-0.25, -0.2) is 0 Å². The first-order valence-electron chi connectivity index (χ1n) is 3.80. The third-order valence-corrected chi connectivity index (χ3v) is 2.37. The van der Waals surface area contributed by atoms with Gasteiger partial charge in [-0.15, -0.1) is 0 Å². The summed E-state index contributed by atoms with van der Waals surface area (Å²) in [6.07, 6.45) is 5.87. The Hall–Kier alpha value is -0.830. The van der Waals surface area contributed by atoms with Gasteiger partial charge < -0.3 is 0 Å². The molecule has 4 heteroatoms. The molecule has 0 N–H and O–H groups in total. The Labute approximate surface area is 75.9 Å². The molecule has 0 radical (unpaired) electrons. The molecule has 0 saturated carbocycles. The first-order valence-corrected chi connectivity index (χ1v) is 4.18. The number of hydrogen-bond acceptors (Lipinski definition) is 2. The molecular weight excluding hydrogens is 178 g/mol. The molecule has 1 atom stereocenters. The zero-order valence-electron chi connectivity index (χ0n) is 6.79.